The molecule has 27 heavy (non-hydrogen) atoms. The first-order valence-electron chi connectivity index (χ1n) is 9.79. The summed E-state index contributed by atoms with van der Waals surface area (Å²) in [6.45, 7) is 1.91. The number of carbonyl (C=O) groups is 1. The first kappa shape index (κ1) is 21.5. The fourth-order valence-corrected chi connectivity index (χ4v) is 3.51. The molecule has 0 aliphatic carbocycles. The summed E-state index contributed by atoms with van der Waals surface area (Å²) in [5.74, 6) is 0.269. The minimum absolute atomic E-state index is 0. The lowest BCUT2D eigenvalue weighted by atomic mass is 10.1. The summed E-state index contributed by atoms with van der Waals surface area (Å²) in [6.07, 6.45) is 7.27. The summed E-state index contributed by atoms with van der Waals surface area (Å²) in [5.41, 5.74) is 3.33. The number of benzene rings is 1. The van der Waals surface area contributed by atoms with E-state index in [1.165, 1.54) is 12.1 Å². The van der Waals surface area contributed by atoms with Crippen LogP contribution < -0.4 is 5.32 Å². The van der Waals surface area contributed by atoms with E-state index in [-0.39, 0.29) is 18.3 Å². The van der Waals surface area contributed by atoms with Crippen molar-refractivity contribution in [2.75, 3.05) is 20.1 Å². The van der Waals surface area contributed by atoms with E-state index in [2.05, 4.69) is 33.7 Å². The second kappa shape index (κ2) is 11.1. The molecule has 1 saturated heterocycles. The monoisotopic (exact) mass is 390 g/mol. The van der Waals surface area contributed by atoms with Crippen molar-refractivity contribution in [2.24, 2.45) is 0 Å². The van der Waals surface area contributed by atoms with Crippen molar-refractivity contribution in [2.45, 2.75) is 51.0 Å². The lowest BCUT2D eigenvalue weighted by Crippen LogP contribution is -2.33. The maximum absolute atomic E-state index is 12.2. The summed E-state index contributed by atoms with van der Waals surface area (Å²) in [5, 5.41) is 10.9. The van der Waals surface area contributed by atoms with Gasteiger partial charge in [-0.3, -0.25) is 9.89 Å². The third-order valence-corrected chi connectivity index (χ3v) is 5.15. The molecule has 6 heteroatoms. The topological polar surface area (TPSA) is 61.0 Å². The Hall–Kier alpha value is -1.85. The Morgan fingerprint density at radius 2 is 2.04 bits per heavy atom. The molecule has 148 valence electrons. The molecule has 1 fully saturated rings. The standard InChI is InChI=1S/C21H30N4O.ClH/c1-25(21(26)16-18-12-8-13-22-18)14-7-3-6-11-19-15-20(24-23-19)17-9-4-2-5-10-17;/h2,4-5,9-10,15,18,22H,3,6-8,11-14,16H2,1H3,(H,23,24);1H. The van der Waals surface area contributed by atoms with Crippen LogP contribution in [0.3, 0.4) is 0 Å². The van der Waals surface area contributed by atoms with Gasteiger partial charge in [-0.15, -0.1) is 12.4 Å². The van der Waals surface area contributed by atoms with E-state index in [0.29, 0.717) is 12.5 Å². The molecule has 1 aliphatic rings. The number of H-pyrrole nitrogens is 1. The third-order valence-electron chi connectivity index (χ3n) is 5.15. The number of carbonyl (C=O) groups excluding carboxylic acids is 1. The van der Waals surface area contributed by atoms with E-state index in [4.69, 9.17) is 0 Å². The van der Waals surface area contributed by atoms with Gasteiger partial charge < -0.3 is 10.2 Å². The van der Waals surface area contributed by atoms with E-state index < -0.39 is 0 Å². The highest BCUT2D eigenvalue weighted by molar-refractivity contribution is 5.85. The lowest BCUT2D eigenvalue weighted by molar-refractivity contribution is -0.130. The molecular weight excluding hydrogens is 360 g/mol. The lowest BCUT2D eigenvalue weighted by Gasteiger charge is -2.19. The van der Waals surface area contributed by atoms with Crippen molar-refractivity contribution in [3.05, 3.63) is 42.1 Å². The van der Waals surface area contributed by atoms with Crippen LogP contribution in [0.1, 0.15) is 44.2 Å². The van der Waals surface area contributed by atoms with Gasteiger partial charge in [0.15, 0.2) is 0 Å². The number of aromatic nitrogens is 2. The predicted molar refractivity (Wildman–Crippen MR) is 112 cm³/mol. The Morgan fingerprint density at radius 1 is 1.22 bits per heavy atom. The SMILES string of the molecule is CN(CCCCCc1cc(-c2ccccc2)n[nH]1)C(=O)CC1CCCN1.Cl. The minimum Gasteiger partial charge on any atom is -0.346 e. The van der Waals surface area contributed by atoms with Gasteiger partial charge >= 0.3 is 0 Å². The van der Waals surface area contributed by atoms with Gasteiger partial charge in [-0.05, 0) is 44.7 Å². The number of nitrogens with one attached hydrogen (secondary N) is 2. The molecule has 3 rings (SSSR count). The number of rotatable bonds is 9. The molecule has 1 amide bonds. The van der Waals surface area contributed by atoms with Crippen molar-refractivity contribution < 1.29 is 4.79 Å². The maximum atomic E-state index is 12.2. The molecule has 0 saturated carbocycles. The van der Waals surface area contributed by atoms with Crippen molar-refractivity contribution in [3.8, 4) is 11.3 Å². The molecule has 1 aromatic heterocycles. The van der Waals surface area contributed by atoms with Crippen molar-refractivity contribution >= 4 is 18.3 Å². The summed E-state index contributed by atoms with van der Waals surface area (Å²) < 4.78 is 0. The zero-order chi connectivity index (χ0) is 18.2. The summed E-state index contributed by atoms with van der Waals surface area (Å²) in [7, 11) is 1.93. The molecule has 1 atom stereocenters. The molecule has 2 N–H and O–H groups in total. The van der Waals surface area contributed by atoms with Crippen LogP contribution in [0.2, 0.25) is 0 Å². The van der Waals surface area contributed by atoms with Crippen molar-refractivity contribution in [3.63, 3.8) is 0 Å². The van der Waals surface area contributed by atoms with Gasteiger partial charge in [0, 0.05) is 37.3 Å². The normalized spacial score (nSPS) is 16.1. The van der Waals surface area contributed by atoms with E-state index in [1.807, 2.05) is 30.1 Å². The molecule has 2 heterocycles. The van der Waals surface area contributed by atoms with Crippen LogP contribution in [0.5, 0.6) is 0 Å². The molecule has 0 radical (unpaired) electrons. The van der Waals surface area contributed by atoms with Gasteiger partial charge in [0.25, 0.3) is 0 Å². The summed E-state index contributed by atoms with van der Waals surface area (Å²) in [4.78, 5) is 14.1. The van der Waals surface area contributed by atoms with E-state index >= 15 is 0 Å². The number of hydrogen-bond donors (Lipinski definition) is 2. The number of aryl methyl sites for hydroxylation is 1. The minimum atomic E-state index is 0. The van der Waals surface area contributed by atoms with Crippen LogP contribution in [0.15, 0.2) is 36.4 Å². The average molecular weight is 391 g/mol. The first-order valence-corrected chi connectivity index (χ1v) is 9.79. The number of hydrogen-bond acceptors (Lipinski definition) is 3. The Labute approximate surface area is 168 Å². The van der Waals surface area contributed by atoms with Gasteiger partial charge in [0.1, 0.15) is 0 Å². The molecular formula is C21H31ClN4O. The van der Waals surface area contributed by atoms with Crippen LogP contribution in [-0.2, 0) is 11.2 Å². The van der Waals surface area contributed by atoms with E-state index in [9.17, 15) is 4.79 Å². The van der Waals surface area contributed by atoms with Crippen molar-refractivity contribution in [1.29, 1.82) is 0 Å². The zero-order valence-electron chi connectivity index (χ0n) is 16.1. The second-order valence-corrected chi connectivity index (χ2v) is 7.27. The second-order valence-electron chi connectivity index (χ2n) is 7.27. The van der Waals surface area contributed by atoms with Crippen LogP contribution in [-0.4, -0.2) is 47.2 Å². The smallest absolute Gasteiger partial charge is 0.223 e. The number of aromatic amines is 1. The highest BCUT2D eigenvalue weighted by Crippen LogP contribution is 2.18. The first-order chi connectivity index (χ1) is 12.7. The molecule has 1 aromatic carbocycles. The highest BCUT2D eigenvalue weighted by atomic mass is 35.5. The Kier molecular flexibility index (Phi) is 8.82. The molecule has 0 spiro atoms. The van der Waals surface area contributed by atoms with Gasteiger partial charge in [-0.1, -0.05) is 36.8 Å². The number of halogens is 1. The summed E-state index contributed by atoms with van der Waals surface area (Å²) in [6, 6.07) is 12.8. The molecule has 2 aromatic rings. The van der Waals surface area contributed by atoms with E-state index in [1.54, 1.807) is 0 Å². The Bertz CT molecular complexity index is 682. The van der Waals surface area contributed by atoms with Gasteiger partial charge in [-0.2, -0.15) is 5.10 Å². The van der Waals surface area contributed by atoms with Crippen LogP contribution in [0, 0.1) is 0 Å². The van der Waals surface area contributed by atoms with Gasteiger partial charge in [0.05, 0.1) is 5.69 Å². The van der Waals surface area contributed by atoms with E-state index in [0.717, 1.165) is 56.5 Å². The van der Waals surface area contributed by atoms with Crippen LogP contribution >= 0.6 is 12.4 Å². The maximum Gasteiger partial charge on any atom is 0.223 e. The number of nitrogens with zero attached hydrogens (tertiary/aromatic N) is 2. The molecule has 1 unspecified atom stereocenters. The number of unbranched alkanes of at least 4 members (excludes halogenated alkanes) is 2. The Balaban J connectivity index is 0.00000261. The number of amides is 1. The highest BCUT2D eigenvalue weighted by Gasteiger charge is 2.19. The fourth-order valence-electron chi connectivity index (χ4n) is 3.51. The molecule has 5 nitrogen and oxygen atoms in total. The molecule has 1 aliphatic heterocycles. The van der Waals surface area contributed by atoms with Gasteiger partial charge in [0.2, 0.25) is 5.91 Å². The Morgan fingerprint density at radius 3 is 2.78 bits per heavy atom. The zero-order valence-corrected chi connectivity index (χ0v) is 16.9. The predicted octanol–water partition coefficient (Wildman–Crippen LogP) is 3.81. The third kappa shape index (κ3) is 6.67. The summed E-state index contributed by atoms with van der Waals surface area (Å²) >= 11 is 0. The largest absolute Gasteiger partial charge is 0.346 e. The van der Waals surface area contributed by atoms with Crippen LogP contribution in [0.25, 0.3) is 11.3 Å². The average Bonchev–Trinajstić information content (AvgIpc) is 3.34. The van der Waals surface area contributed by atoms with Crippen LogP contribution in [0.4, 0.5) is 0 Å². The molecule has 0 bridgehead atoms. The van der Waals surface area contributed by atoms with Gasteiger partial charge in [-0.25, -0.2) is 0 Å². The quantitative estimate of drug-likeness (QED) is 0.640. The fraction of sp³-hybridized carbons (Fsp3) is 0.524. The van der Waals surface area contributed by atoms with Crippen molar-refractivity contribution in [1.82, 2.24) is 20.4 Å².